The number of para-hydroxylation sites is 3. The molecule has 32 heavy (non-hydrogen) atoms. The fraction of sp³-hybridized carbons (Fsp3) is 0.217. The van der Waals surface area contributed by atoms with Crippen molar-refractivity contribution in [3.63, 3.8) is 0 Å². The molecule has 0 saturated carbocycles. The molecular formula is C23H23N5O2S2. The number of carbonyl (C=O) groups is 1. The summed E-state index contributed by atoms with van der Waals surface area (Å²) in [5.41, 5.74) is 3.75. The van der Waals surface area contributed by atoms with Crippen LogP contribution in [-0.4, -0.2) is 32.8 Å². The summed E-state index contributed by atoms with van der Waals surface area (Å²) in [7, 11) is 1.64. The molecule has 0 atom stereocenters. The van der Waals surface area contributed by atoms with Gasteiger partial charge >= 0.3 is 0 Å². The molecule has 0 saturated heterocycles. The average Bonchev–Trinajstić information content (AvgIpc) is 3.47. The first-order chi connectivity index (χ1) is 15.6. The topological polar surface area (TPSA) is 73.1 Å². The number of rotatable bonds is 8. The predicted octanol–water partition coefficient (Wildman–Crippen LogP) is 5.27. The quantitative estimate of drug-likeness (QED) is 0.330. The Bertz CT molecular complexity index is 1220. The summed E-state index contributed by atoms with van der Waals surface area (Å²) in [4.78, 5) is 18.9. The molecule has 9 heteroatoms. The Balaban J connectivity index is 1.55. The van der Waals surface area contributed by atoms with Crippen LogP contribution in [0.5, 0.6) is 5.75 Å². The first-order valence-electron chi connectivity index (χ1n) is 10.1. The van der Waals surface area contributed by atoms with Crippen molar-refractivity contribution in [3.05, 3.63) is 71.5 Å². The molecule has 2 aromatic heterocycles. The number of thiazole rings is 1. The molecular weight excluding hydrogens is 442 g/mol. The molecule has 2 aromatic carbocycles. The zero-order chi connectivity index (χ0) is 22.5. The molecule has 4 aromatic rings. The van der Waals surface area contributed by atoms with E-state index >= 15 is 0 Å². The average molecular weight is 466 g/mol. The number of carbonyl (C=O) groups excluding carboxylic acids is 1. The van der Waals surface area contributed by atoms with Gasteiger partial charge in [0.05, 0.1) is 24.2 Å². The van der Waals surface area contributed by atoms with Crippen LogP contribution in [0.3, 0.4) is 0 Å². The van der Waals surface area contributed by atoms with Crippen LogP contribution in [0.25, 0.3) is 5.69 Å². The van der Waals surface area contributed by atoms with Crippen molar-refractivity contribution < 1.29 is 9.53 Å². The normalized spacial score (nSPS) is 10.8. The van der Waals surface area contributed by atoms with Crippen molar-refractivity contribution in [1.82, 2.24) is 19.7 Å². The van der Waals surface area contributed by atoms with Gasteiger partial charge in [-0.1, -0.05) is 49.0 Å². The van der Waals surface area contributed by atoms with E-state index in [4.69, 9.17) is 9.72 Å². The van der Waals surface area contributed by atoms with Gasteiger partial charge in [0, 0.05) is 18.1 Å². The summed E-state index contributed by atoms with van der Waals surface area (Å²) in [5.74, 6) is 1.29. The van der Waals surface area contributed by atoms with Crippen molar-refractivity contribution in [2.75, 3.05) is 12.0 Å². The number of ether oxygens (including phenoxy) is 1. The maximum atomic E-state index is 12.5. The zero-order valence-corrected chi connectivity index (χ0v) is 19.7. The Labute approximate surface area is 195 Å². The van der Waals surface area contributed by atoms with Gasteiger partial charge in [-0.05, 0) is 30.2 Å². The Morgan fingerprint density at radius 1 is 1.19 bits per heavy atom. The van der Waals surface area contributed by atoms with Crippen LogP contribution in [0.1, 0.15) is 25.1 Å². The van der Waals surface area contributed by atoms with Gasteiger partial charge < -0.3 is 4.74 Å². The fourth-order valence-corrected chi connectivity index (χ4v) is 5.16. The maximum absolute atomic E-state index is 12.5. The van der Waals surface area contributed by atoms with Crippen LogP contribution in [0.4, 0.5) is 10.8 Å². The van der Waals surface area contributed by atoms with Crippen molar-refractivity contribution >= 4 is 39.8 Å². The second-order valence-electron chi connectivity index (χ2n) is 6.90. The lowest BCUT2D eigenvalue weighted by Crippen LogP contribution is -2.23. The van der Waals surface area contributed by atoms with Gasteiger partial charge in [-0.3, -0.25) is 14.3 Å². The third-order valence-corrected chi connectivity index (χ3v) is 6.72. The summed E-state index contributed by atoms with van der Waals surface area (Å²) in [6.45, 7) is 3.65. The lowest BCUT2D eigenvalue weighted by molar-refractivity contribution is -0.115. The Kier molecular flexibility index (Phi) is 6.87. The molecule has 0 radical (unpaired) electrons. The van der Waals surface area contributed by atoms with E-state index < -0.39 is 0 Å². The van der Waals surface area contributed by atoms with Crippen LogP contribution in [0.2, 0.25) is 0 Å². The summed E-state index contributed by atoms with van der Waals surface area (Å²) >= 11 is 2.99. The predicted molar refractivity (Wildman–Crippen MR) is 128 cm³/mol. The van der Waals surface area contributed by atoms with E-state index in [9.17, 15) is 4.79 Å². The van der Waals surface area contributed by atoms with Gasteiger partial charge in [-0.2, -0.15) is 0 Å². The standard InChI is InChI=1S/C23H23N5O2S2/c1-4-17-9-5-6-10-19(17)28(16(2)29)22-25-18(13-31-22)14-32-23-26-24-15-27(23)20-11-7-8-12-21(20)30-3/h5-13,15H,4,14H2,1-3H3. The van der Waals surface area contributed by atoms with E-state index in [-0.39, 0.29) is 5.91 Å². The summed E-state index contributed by atoms with van der Waals surface area (Å²) in [6.07, 6.45) is 2.51. The number of methoxy groups -OCH3 is 1. The fourth-order valence-electron chi connectivity index (χ4n) is 3.36. The van der Waals surface area contributed by atoms with E-state index in [1.54, 1.807) is 25.3 Å². The van der Waals surface area contributed by atoms with Crippen LogP contribution >= 0.6 is 23.1 Å². The summed E-state index contributed by atoms with van der Waals surface area (Å²) in [6, 6.07) is 15.7. The monoisotopic (exact) mass is 465 g/mol. The SMILES string of the molecule is CCc1ccccc1N(C(C)=O)c1nc(CSc2nncn2-c2ccccc2OC)cs1. The van der Waals surface area contributed by atoms with Gasteiger partial charge in [0.15, 0.2) is 10.3 Å². The molecule has 0 N–H and O–H groups in total. The van der Waals surface area contributed by atoms with Crippen molar-refractivity contribution in [1.29, 1.82) is 0 Å². The Morgan fingerprint density at radius 3 is 2.75 bits per heavy atom. The molecule has 0 aliphatic rings. The molecule has 4 rings (SSSR count). The highest BCUT2D eigenvalue weighted by Gasteiger charge is 2.20. The molecule has 0 spiro atoms. The number of hydrogen-bond acceptors (Lipinski definition) is 7. The minimum absolute atomic E-state index is 0.0598. The van der Waals surface area contributed by atoms with E-state index in [0.717, 1.165) is 40.0 Å². The van der Waals surface area contributed by atoms with Crippen molar-refractivity contribution in [2.45, 2.75) is 31.2 Å². The van der Waals surface area contributed by atoms with Crippen LogP contribution < -0.4 is 9.64 Å². The Hall–Kier alpha value is -3.17. The number of thioether (sulfide) groups is 1. The highest BCUT2D eigenvalue weighted by Crippen LogP contribution is 2.34. The molecule has 7 nitrogen and oxygen atoms in total. The molecule has 0 fully saturated rings. The van der Waals surface area contributed by atoms with Gasteiger partial charge in [0.2, 0.25) is 5.91 Å². The highest BCUT2D eigenvalue weighted by molar-refractivity contribution is 7.98. The number of aromatic nitrogens is 4. The second kappa shape index (κ2) is 9.97. The van der Waals surface area contributed by atoms with Gasteiger partial charge in [-0.25, -0.2) is 4.98 Å². The third-order valence-electron chi connectivity index (χ3n) is 4.87. The number of hydrogen-bond donors (Lipinski definition) is 0. The van der Waals surface area contributed by atoms with Crippen molar-refractivity contribution in [3.8, 4) is 11.4 Å². The highest BCUT2D eigenvalue weighted by atomic mass is 32.2. The van der Waals surface area contributed by atoms with E-state index in [0.29, 0.717) is 10.9 Å². The second-order valence-corrected chi connectivity index (χ2v) is 8.68. The minimum Gasteiger partial charge on any atom is -0.495 e. The molecule has 164 valence electrons. The smallest absolute Gasteiger partial charge is 0.230 e. The Morgan fingerprint density at radius 2 is 1.97 bits per heavy atom. The van der Waals surface area contributed by atoms with Crippen molar-refractivity contribution in [2.24, 2.45) is 0 Å². The molecule has 1 amide bonds. The largest absolute Gasteiger partial charge is 0.495 e. The van der Waals surface area contributed by atoms with Crippen LogP contribution in [0.15, 0.2) is 65.4 Å². The maximum Gasteiger partial charge on any atom is 0.230 e. The first kappa shape index (κ1) is 22.0. The minimum atomic E-state index is -0.0598. The zero-order valence-electron chi connectivity index (χ0n) is 18.1. The summed E-state index contributed by atoms with van der Waals surface area (Å²) < 4.78 is 7.37. The van der Waals surface area contributed by atoms with Gasteiger partial charge in [0.1, 0.15) is 12.1 Å². The summed E-state index contributed by atoms with van der Waals surface area (Å²) in [5, 5.41) is 11.7. The molecule has 2 heterocycles. The molecule has 0 aliphatic carbocycles. The van der Waals surface area contributed by atoms with Gasteiger partial charge in [0.25, 0.3) is 0 Å². The molecule has 0 unspecified atom stereocenters. The van der Waals surface area contributed by atoms with E-state index in [1.165, 1.54) is 23.1 Å². The lowest BCUT2D eigenvalue weighted by atomic mass is 10.1. The lowest BCUT2D eigenvalue weighted by Gasteiger charge is -2.20. The molecule has 0 aliphatic heterocycles. The molecule has 0 bridgehead atoms. The van der Waals surface area contributed by atoms with Gasteiger partial charge in [-0.15, -0.1) is 21.5 Å². The first-order valence-corrected chi connectivity index (χ1v) is 12.0. The number of benzene rings is 2. The van der Waals surface area contributed by atoms with E-state index in [2.05, 4.69) is 17.1 Å². The number of anilines is 2. The third kappa shape index (κ3) is 4.53. The number of nitrogens with zero attached hydrogens (tertiary/aromatic N) is 5. The van der Waals surface area contributed by atoms with Crippen LogP contribution in [-0.2, 0) is 17.0 Å². The van der Waals surface area contributed by atoms with E-state index in [1.807, 2.05) is 58.5 Å². The number of amides is 1. The number of aryl methyl sites for hydroxylation is 1. The van der Waals surface area contributed by atoms with Crippen LogP contribution in [0, 0.1) is 0 Å².